The molecule has 0 bridgehead atoms. The molecular formula is C15H21NO4. The van der Waals surface area contributed by atoms with Gasteiger partial charge in [0.15, 0.2) is 11.5 Å². The summed E-state index contributed by atoms with van der Waals surface area (Å²) < 4.78 is 11.4. The molecule has 1 aromatic carbocycles. The molecule has 1 aliphatic heterocycles. The van der Waals surface area contributed by atoms with Crippen molar-refractivity contribution in [3.63, 3.8) is 0 Å². The van der Waals surface area contributed by atoms with E-state index in [1.165, 1.54) is 0 Å². The minimum absolute atomic E-state index is 0.169. The second kappa shape index (κ2) is 6.61. The quantitative estimate of drug-likeness (QED) is 0.824. The lowest BCUT2D eigenvalue weighted by Gasteiger charge is -2.36. The van der Waals surface area contributed by atoms with Crippen molar-refractivity contribution in [1.29, 1.82) is 0 Å². The Labute approximate surface area is 119 Å². The van der Waals surface area contributed by atoms with E-state index in [4.69, 9.17) is 14.6 Å². The van der Waals surface area contributed by atoms with Gasteiger partial charge in [0.05, 0.1) is 7.11 Å². The number of nitrogens with zero attached hydrogens (tertiary/aromatic N) is 1. The minimum atomic E-state index is -0.768. The second-order valence-corrected chi connectivity index (χ2v) is 5.16. The average Bonchev–Trinajstić information content (AvgIpc) is 2.38. The fourth-order valence-electron chi connectivity index (χ4n) is 2.37. The molecule has 0 radical (unpaired) electrons. The molecular weight excluding hydrogens is 258 g/mol. The number of likely N-dealkylation sites (tertiary alicyclic amines) is 1. The molecule has 1 N–H and O–H groups in total. The van der Waals surface area contributed by atoms with Gasteiger partial charge >= 0.3 is 5.97 Å². The number of hydrogen-bond donors (Lipinski definition) is 1. The number of likely N-dealkylation sites (N-methyl/N-ethyl adjacent to an activating group) is 1. The van der Waals surface area contributed by atoms with Crippen LogP contribution in [0.3, 0.4) is 0 Å². The largest absolute Gasteiger partial charge is 0.493 e. The summed E-state index contributed by atoms with van der Waals surface area (Å²) in [4.78, 5) is 12.8. The molecule has 2 rings (SSSR count). The SMILES string of the molecule is COc1cccc(CCCC(=O)O)c1OC1CN(C)C1. The van der Waals surface area contributed by atoms with Crippen LogP contribution in [0.5, 0.6) is 11.5 Å². The van der Waals surface area contributed by atoms with Gasteiger partial charge in [-0.2, -0.15) is 0 Å². The van der Waals surface area contributed by atoms with E-state index in [9.17, 15) is 4.79 Å². The number of hydrogen-bond acceptors (Lipinski definition) is 4. The summed E-state index contributed by atoms with van der Waals surface area (Å²) >= 11 is 0. The van der Waals surface area contributed by atoms with Crippen molar-refractivity contribution < 1.29 is 19.4 Å². The van der Waals surface area contributed by atoms with Gasteiger partial charge in [0.1, 0.15) is 6.10 Å². The third kappa shape index (κ3) is 3.63. The Morgan fingerprint density at radius 3 is 2.80 bits per heavy atom. The van der Waals surface area contributed by atoms with Crippen molar-refractivity contribution in [2.75, 3.05) is 27.2 Å². The van der Waals surface area contributed by atoms with Crippen LogP contribution in [0.4, 0.5) is 0 Å². The molecule has 1 saturated heterocycles. The Morgan fingerprint density at radius 1 is 1.45 bits per heavy atom. The Kier molecular flexibility index (Phi) is 4.84. The zero-order valence-electron chi connectivity index (χ0n) is 12.0. The van der Waals surface area contributed by atoms with E-state index in [0.29, 0.717) is 18.6 Å². The van der Waals surface area contributed by atoms with Crippen LogP contribution in [0.1, 0.15) is 18.4 Å². The Hall–Kier alpha value is -1.75. The fourth-order valence-corrected chi connectivity index (χ4v) is 2.37. The molecule has 0 unspecified atom stereocenters. The van der Waals surface area contributed by atoms with E-state index >= 15 is 0 Å². The van der Waals surface area contributed by atoms with Gasteiger partial charge in [-0.3, -0.25) is 9.69 Å². The number of rotatable bonds is 7. The van der Waals surface area contributed by atoms with Gasteiger partial charge in [0.2, 0.25) is 0 Å². The van der Waals surface area contributed by atoms with Crippen molar-refractivity contribution in [3.05, 3.63) is 23.8 Å². The normalized spacial score (nSPS) is 15.7. The van der Waals surface area contributed by atoms with E-state index in [0.717, 1.165) is 24.4 Å². The highest BCUT2D eigenvalue weighted by Crippen LogP contribution is 2.34. The lowest BCUT2D eigenvalue weighted by Crippen LogP contribution is -2.51. The number of carboxylic acids is 1. The van der Waals surface area contributed by atoms with Crippen LogP contribution >= 0.6 is 0 Å². The molecule has 20 heavy (non-hydrogen) atoms. The topological polar surface area (TPSA) is 59.0 Å². The van der Waals surface area contributed by atoms with E-state index in [2.05, 4.69) is 11.9 Å². The molecule has 5 nitrogen and oxygen atoms in total. The third-order valence-corrected chi connectivity index (χ3v) is 3.43. The molecule has 1 heterocycles. The highest BCUT2D eigenvalue weighted by atomic mass is 16.5. The summed E-state index contributed by atoms with van der Waals surface area (Å²) in [5.74, 6) is 0.710. The van der Waals surface area contributed by atoms with Crippen LogP contribution in [-0.4, -0.2) is 49.3 Å². The maximum Gasteiger partial charge on any atom is 0.303 e. The van der Waals surface area contributed by atoms with Crippen molar-refractivity contribution in [2.24, 2.45) is 0 Å². The van der Waals surface area contributed by atoms with Gasteiger partial charge in [-0.05, 0) is 31.5 Å². The molecule has 1 aliphatic rings. The molecule has 5 heteroatoms. The summed E-state index contributed by atoms with van der Waals surface area (Å²) in [6.45, 7) is 1.82. The van der Waals surface area contributed by atoms with Gasteiger partial charge in [0, 0.05) is 19.5 Å². The van der Waals surface area contributed by atoms with Crippen LogP contribution in [0, 0.1) is 0 Å². The standard InChI is InChI=1S/C15H21NO4/c1-16-9-12(10-16)20-15-11(6-4-8-14(17)18)5-3-7-13(15)19-2/h3,5,7,12H,4,6,8-10H2,1-2H3,(H,17,18). The van der Waals surface area contributed by atoms with Crippen LogP contribution in [0.15, 0.2) is 18.2 Å². The predicted molar refractivity (Wildman–Crippen MR) is 75.5 cm³/mol. The third-order valence-electron chi connectivity index (χ3n) is 3.43. The predicted octanol–water partition coefficient (Wildman–Crippen LogP) is 1.80. The molecule has 1 aromatic rings. The number of aryl methyl sites for hydroxylation is 1. The number of ether oxygens (including phenoxy) is 2. The Bertz CT molecular complexity index is 469. The molecule has 1 fully saturated rings. The second-order valence-electron chi connectivity index (χ2n) is 5.16. The van der Waals surface area contributed by atoms with Gasteiger partial charge in [-0.15, -0.1) is 0 Å². The molecule has 110 valence electrons. The number of para-hydroxylation sites is 1. The zero-order chi connectivity index (χ0) is 14.5. The first-order chi connectivity index (χ1) is 9.60. The highest BCUT2D eigenvalue weighted by Gasteiger charge is 2.26. The summed E-state index contributed by atoms with van der Waals surface area (Å²) in [6, 6.07) is 5.76. The summed E-state index contributed by atoms with van der Waals surface area (Å²) in [5, 5.41) is 8.72. The first-order valence-electron chi connectivity index (χ1n) is 6.83. The Morgan fingerprint density at radius 2 is 2.20 bits per heavy atom. The number of carboxylic acid groups (broad SMARTS) is 1. The minimum Gasteiger partial charge on any atom is -0.493 e. The van der Waals surface area contributed by atoms with E-state index < -0.39 is 5.97 Å². The highest BCUT2D eigenvalue weighted by molar-refractivity contribution is 5.66. The molecule has 0 atom stereocenters. The van der Waals surface area contributed by atoms with Gasteiger partial charge in [-0.25, -0.2) is 0 Å². The molecule has 0 amide bonds. The molecule has 0 aromatic heterocycles. The summed E-state index contributed by atoms with van der Waals surface area (Å²) in [6.07, 6.45) is 1.64. The van der Waals surface area contributed by atoms with Crippen LogP contribution in [-0.2, 0) is 11.2 Å². The Balaban J connectivity index is 2.06. The lowest BCUT2D eigenvalue weighted by molar-refractivity contribution is -0.137. The van der Waals surface area contributed by atoms with Crippen LogP contribution in [0.25, 0.3) is 0 Å². The lowest BCUT2D eigenvalue weighted by atomic mass is 10.1. The van der Waals surface area contributed by atoms with Crippen molar-refractivity contribution in [2.45, 2.75) is 25.4 Å². The van der Waals surface area contributed by atoms with Crippen molar-refractivity contribution >= 4 is 5.97 Å². The smallest absolute Gasteiger partial charge is 0.303 e. The number of carbonyl (C=O) groups is 1. The first kappa shape index (κ1) is 14.7. The van der Waals surface area contributed by atoms with E-state index in [1.807, 2.05) is 18.2 Å². The molecule has 0 aliphatic carbocycles. The first-order valence-corrected chi connectivity index (χ1v) is 6.83. The van der Waals surface area contributed by atoms with Gasteiger partial charge < -0.3 is 14.6 Å². The van der Waals surface area contributed by atoms with Gasteiger partial charge in [-0.1, -0.05) is 12.1 Å². The number of aliphatic carboxylic acids is 1. The zero-order valence-corrected chi connectivity index (χ0v) is 12.0. The van der Waals surface area contributed by atoms with E-state index in [-0.39, 0.29) is 12.5 Å². The monoisotopic (exact) mass is 279 g/mol. The average molecular weight is 279 g/mol. The molecule has 0 saturated carbocycles. The van der Waals surface area contributed by atoms with Crippen molar-refractivity contribution in [3.8, 4) is 11.5 Å². The van der Waals surface area contributed by atoms with E-state index in [1.54, 1.807) is 7.11 Å². The summed E-state index contributed by atoms with van der Waals surface area (Å²) in [5.41, 5.74) is 1.01. The van der Waals surface area contributed by atoms with Crippen molar-refractivity contribution in [1.82, 2.24) is 4.90 Å². The number of benzene rings is 1. The fraction of sp³-hybridized carbons (Fsp3) is 0.533. The van der Waals surface area contributed by atoms with Gasteiger partial charge in [0.25, 0.3) is 0 Å². The molecule has 0 spiro atoms. The van der Waals surface area contributed by atoms with Crippen LogP contribution < -0.4 is 9.47 Å². The maximum absolute atomic E-state index is 10.6. The maximum atomic E-state index is 10.6. The number of methoxy groups -OCH3 is 1. The summed E-state index contributed by atoms with van der Waals surface area (Å²) in [7, 11) is 3.67. The van der Waals surface area contributed by atoms with Crippen LogP contribution in [0.2, 0.25) is 0 Å².